The van der Waals surface area contributed by atoms with Crippen molar-refractivity contribution in [1.29, 1.82) is 0 Å². The molecule has 1 heteroatoms. The van der Waals surface area contributed by atoms with Crippen molar-refractivity contribution in [2.75, 3.05) is 0 Å². The molecule has 0 aromatic heterocycles. The molecular weight excluding hydrogens is 158 g/mol. The first-order chi connectivity index (χ1) is 6.20. The van der Waals surface area contributed by atoms with Crippen LogP contribution in [0.2, 0.25) is 0 Å². The van der Waals surface area contributed by atoms with Gasteiger partial charge < -0.3 is 5.73 Å². The fourth-order valence-electron chi connectivity index (χ4n) is 1.69. The van der Waals surface area contributed by atoms with Gasteiger partial charge in [-0.2, -0.15) is 0 Å². The standard InChI is InChI=1S/C8H17N.2C2H6/c1-6-3-4-8(9)7(2)5-6;2*1-2/h6-8H,3-5,9H2,1-2H3;2*1-2H3. The Bertz CT molecular complexity index is 91.1. The lowest BCUT2D eigenvalue weighted by molar-refractivity contribution is 0.263. The summed E-state index contributed by atoms with van der Waals surface area (Å²) in [4.78, 5) is 0. The van der Waals surface area contributed by atoms with Gasteiger partial charge in [0.2, 0.25) is 0 Å². The molecule has 0 bridgehead atoms. The summed E-state index contributed by atoms with van der Waals surface area (Å²) in [6.07, 6.45) is 3.91. The Morgan fingerprint density at radius 3 is 1.69 bits per heavy atom. The Morgan fingerprint density at radius 2 is 1.38 bits per heavy atom. The predicted molar refractivity (Wildman–Crippen MR) is 62.9 cm³/mol. The minimum absolute atomic E-state index is 0.487. The third-order valence-electron chi connectivity index (χ3n) is 2.50. The molecule has 0 amide bonds. The molecular formula is C12H29N. The molecule has 1 fully saturated rings. The summed E-state index contributed by atoms with van der Waals surface area (Å²) in [7, 11) is 0. The second kappa shape index (κ2) is 10.0. The van der Waals surface area contributed by atoms with Crippen LogP contribution in [0, 0.1) is 11.8 Å². The summed E-state index contributed by atoms with van der Waals surface area (Å²) in [5.41, 5.74) is 5.84. The van der Waals surface area contributed by atoms with Crippen molar-refractivity contribution in [3.05, 3.63) is 0 Å². The summed E-state index contributed by atoms with van der Waals surface area (Å²) in [6, 6.07) is 0.487. The smallest absolute Gasteiger partial charge is 0.00647 e. The Hall–Kier alpha value is -0.0400. The third-order valence-corrected chi connectivity index (χ3v) is 2.50. The van der Waals surface area contributed by atoms with Gasteiger partial charge in [0.05, 0.1) is 0 Å². The van der Waals surface area contributed by atoms with Gasteiger partial charge in [-0.1, -0.05) is 41.5 Å². The lowest BCUT2D eigenvalue weighted by atomic mass is 9.80. The van der Waals surface area contributed by atoms with Crippen molar-refractivity contribution in [2.45, 2.75) is 66.8 Å². The predicted octanol–water partition coefficient (Wildman–Crippen LogP) is 3.82. The lowest BCUT2D eigenvalue weighted by Crippen LogP contribution is -2.33. The molecule has 0 saturated heterocycles. The average Bonchev–Trinajstić information content (AvgIpc) is 2.18. The van der Waals surface area contributed by atoms with E-state index < -0.39 is 0 Å². The van der Waals surface area contributed by atoms with Gasteiger partial charge in [0, 0.05) is 6.04 Å². The minimum atomic E-state index is 0.487. The van der Waals surface area contributed by atoms with Crippen LogP contribution in [0.1, 0.15) is 60.8 Å². The maximum Gasteiger partial charge on any atom is 0.00647 e. The van der Waals surface area contributed by atoms with E-state index in [-0.39, 0.29) is 0 Å². The number of hydrogen-bond donors (Lipinski definition) is 1. The lowest BCUT2D eigenvalue weighted by Gasteiger charge is -2.29. The largest absolute Gasteiger partial charge is 0.327 e. The van der Waals surface area contributed by atoms with Crippen molar-refractivity contribution in [3.8, 4) is 0 Å². The molecule has 82 valence electrons. The average molecular weight is 187 g/mol. The number of nitrogens with two attached hydrogens (primary N) is 1. The van der Waals surface area contributed by atoms with Crippen LogP contribution in [0.4, 0.5) is 0 Å². The van der Waals surface area contributed by atoms with E-state index in [4.69, 9.17) is 5.73 Å². The molecule has 1 nitrogen and oxygen atoms in total. The van der Waals surface area contributed by atoms with E-state index in [1.165, 1.54) is 19.3 Å². The molecule has 0 aliphatic heterocycles. The first-order valence-corrected chi connectivity index (χ1v) is 5.95. The van der Waals surface area contributed by atoms with Gasteiger partial charge in [-0.15, -0.1) is 0 Å². The van der Waals surface area contributed by atoms with Gasteiger partial charge in [-0.25, -0.2) is 0 Å². The second-order valence-corrected chi connectivity index (χ2v) is 3.56. The van der Waals surface area contributed by atoms with Gasteiger partial charge in [0.25, 0.3) is 0 Å². The van der Waals surface area contributed by atoms with E-state index in [9.17, 15) is 0 Å². The highest BCUT2D eigenvalue weighted by atomic mass is 14.7. The van der Waals surface area contributed by atoms with E-state index in [1.54, 1.807) is 0 Å². The van der Waals surface area contributed by atoms with Gasteiger partial charge >= 0.3 is 0 Å². The van der Waals surface area contributed by atoms with Crippen LogP contribution in [-0.2, 0) is 0 Å². The Balaban J connectivity index is 0. The highest BCUT2D eigenvalue weighted by Crippen LogP contribution is 2.26. The van der Waals surface area contributed by atoms with Crippen LogP contribution >= 0.6 is 0 Å². The Labute approximate surface area is 85.1 Å². The minimum Gasteiger partial charge on any atom is -0.327 e. The van der Waals surface area contributed by atoms with Crippen LogP contribution in [0.5, 0.6) is 0 Å². The molecule has 0 heterocycles. The molecule has 13 heavy (non-hydrogen) atoms. The van der Waals surface area contributed by atoms with Crippen LogP contribution < -0.4 is 5.73 Å². The molecule has 0 radical (unpaired) electrons. The molecule has 0 spiro atoms. The van der Waals surface area contributed by atoms with Gasteiger partial charge in [0.1, 0.15) is 0 Å². The van der Waals surface area contributed by atoms with Gasteiger partial charge in [-0.3, -0.25) is 0 Å². The second-order valence-electron chi connectivity index (χ2n) is 3.56. The molecule has 1 aliphatic carbocycles. The first-order valence-electron chi connectivity index (χ1n) is 5.95. The summed E-state index contributed by atoms with van der Waals surface area (Å²) in [6.45, 7) is 12.6. The molecule has 0 aromatic carbocycles. The zero-order valence-corrected chi connectivity index (χ0v) is 10.4. The molecule has 1 rings (SSSR count). The van der Waals surface area contributed by atoms with E-state index in [0.717, 1.165) is 11.8 Å². The van der Waals surface area contributed by atoms with E-state index >= 15 is 0 Å². The molecule has 2 N–H and O–H groups in total. The quantitative estimate of drug-likeness (QED) is 0.613. The van der Waals surface area contributed by atoms with Crippen molar-refractivity contribution in [2.24, 2.45) is 17.6 Å². The Kier molecular flexibility index (Phi) is 11.9. The third kappa shape index (κ3) is 7.06. The Morgan fingerprint density at radius 1 is 0.923 bits per heavy atom. The zero-order chi connectivity index (χ0) is 10.9. The highest BCUT2D eigenvalue weighted by molar-refractivity contribution is 4.77. The van der Waals surface area contributed by atoms with Crippen molar-refractivity contribution < 1.29 is 0 Å². The molecule has 3 atom stereocenters. The maximum absolute atomic E-state index is 5.84. The normalized spacial score (nSPS) is 32.1. The molecule has 1 aliphatic rings. The van der Waals surface area contributed by atoms with Gasteiger partial charge in [0.15, 0.2) is 0 Å². The number of hydrogen-bond acceptors (Lipinski definition) is 1. The van der Waals surface area contributed by atoms with Gasteiger partial charge in [-0.05, 0) is 31.1 Å². The topological polar surface area (TPSA) is 26.0 Å². The summed E-state index contributed by atoms with van der Waals surface area (Å²) < 4.78 is 0. The fraction of sp³-hybridized carbons (Fsp3) is 1.00. The monoisotopic (exact) mass is 187 g/mol. The zero-order valence-electron chi connectivity index (χ0n) is 10.4. The van der Waals surface area contributed by atoms with E-state index in [0.29, 0.717) is 6.04 Å². The van der Waals surface area contributed by atoms with Crippen LogP contribution in [0.15, 0.2) is 0 Å². The van der Waals surface area contributed by atoms with E-state index in [1.807, 2.05) is 27.7 Å². The molecule has 0 aromatic rings. The molecule has 3 unspecified atom stereocenters. The SMILES string of the molecule is CC.CC.CC1CCC(N)C(C)C1. The van der Waals surface area contributed by atoms with Crippen molar-refractivity contribution in [3.63, 3.8) is 0 Å². The van der Waals surface area contributed by atoms with E-state index in [2.05, 4.69) is 13.8 Å². The highest BCUT2D eigenvalue weighted by Gasteiger charge is 2.21. The summed E-state index contributed by atoms with van der Waals surface area (Å²) in [5, 5.41) is 0. The van der Waals surface area contributed by atoms with Crippen LogP contribution in [0.3, 0.4) is 0 Å². The summed E-state index contributed by atoms with van der Waals surface area (Å²) >= 11 is 0. The van der Waals surface area contributed by atoms with Crippen LogP contribution in [-0.4, -0.2) is 6.04 Å². The first kappa shape index (κ1) is 15.4. The van der Waals surface area contributed by atoms with Crippen molar-refractivity contribution in [1.82, 2.24) is 0 Å². The fourth-order valence-corrected chi connectivity index (χ4v) is 1.69. The summed E-state index contributed by atoms with van der Waals surface area (Å²) in [5.74, 6) is 1.67. The maximum atomic E-state index is 5.84. The van der Waals surface area contributed by atoms with Crippen molar-refractivity contribution >= 4 is 0 Å². The van der Waals surface area contributed by atoms with Crippen LogP contribution in [0.25, 0.3) is 0 Å². The number of rotatable bonds is 0. The molecule has 1 saturated carbocycles.